The Morgan fingerprint density at radius 1 is 1.16 bits per heavy atom. The van der Waals surface area contributed by atoms with E-state index in [4.69, 9.17) is 16.3 Å². The van der Waals surface area contributed by atoms with Crippen molar-refractivity contribution < 1.29 is 17.9 Å². The molecule has 0 atom stereocenters. The largest absolute Gasteiger partial charge is 0.495 e. The van der Waals surface area contributed by atoms with Crippen LogP contribution in [0.4, 0.5) is 5.69 Å². The highest BCUT2D eigenvalue weighted by Crippen LogP contribution is 2.29. The van der Waals surface area contributed by atoms with Crippen LogP contribution in [0.1, 0.15) is 23.2 Å². The molecular weight excluding hydrogens is 364 g/mol. The highest BCUT2D eigenvalue weighted by atomic mass is 35.5. The number of rotatable bonds is 6. The smallest absolute Gasteiger partial charge is 0.255 e. The molecule has 2 aromatic rings. The zero-order chi connectivity index (χ0) is 18.0. The van der Waals surface area contributed by atoms with E-state index >= 15 is 0 Å². The minimum absolute atomic E-state index is 0.000731. The van der Waals surface area contributed by atoms with Crippen molar-refractivity contribution in [2.45, 2.75) is 23.8 Å². The summed E-state index contributed by atoms with van der Waals surface area (Å²) in [5.74, 6) is -0.0210. The van der Waals surface area contributed by atoms with Crippen molar-refractivity contribution in [2.24, 2.45) is 0 Å². The van der Waals surface area contributed by atoms with E-state index in [1.165, 1.54) is 25.3 Å². The molecule has 0 spiro atoms. The molecule has 0 saturated heterocycles. The first-order valence-corrected chi connectivity index (χ1v) is 9.52. The second-order valence-electron chi connectivity index (χ2n) is 5.72. The molecule has 2 N–H and O–H groups in total. The Labute approximate surface area is 151 Å². The molecule has 0 radical (unpaired) electrons. The number of halogens is 1. The number of carbonyl (C=O) groups excluding carboxylic acids is 1. The van der Waals surface area contributed by atoms with Crippen LogP contribution in [-0.2, 0) is 10.0 Å². The van der Waals surface area contributed by atoms with Gasteiger partial charge in [-0.3, -0.25) is 4.79 Å². The average molecular weight is 381 g/mol. The maximum absolute atomic E-state index is 12.4. The van der Waals surface area contributed by atoms with Gasteiger partial charge in [0.2, 0.25) is 10.0 Å². The maximum atomic E-state index is 12.4. The minimum atomic E-state index is -3.62. The second-order valence-corrected chi connectivity index (χ2v) is 7.87. The fraction of sp³-hybridized carbons (Fsp3) is 0.235. The molecule has 0 aliphatic heterocycles. The molecule has 0 heterocycles. The summed E-state index contributed by atoms with van der Waals surface area (Å²) in [6, 6.07) is 10.7. The van der Waals surface area contributed by atoms with Crippen molar-refractivity contribution in [3.8, 4) is 5.75 Å². The third-order valence-corrected chi connectivity index (χ3v) is 5.51. The molecule has 1 fully saturated rings. The number of nitrogens with one attached hydrogen (secondary N) is 2. The first-order chi connectivity index (χ1) is 11.9. The van der Waals surface area contributed by atoms with Crippen molar-refractivity contribution in [1.82, 2.24) is 4.72 Å². The van der Waals surface area contributed by atoms with Crippen LogP contribution in [0.25, 0.3) is 0 Å². The Morgan fingerprint density at radius 2 is 1.84 bits per heavy atom. The highest BCUT2D eigenvalue weighted by Gasteiger charge is 2.28. The quantitative estimate of drug-likeness (QED) is 0.806. The van der Waals surface area contributed by atoms with E-state index in [9.17, 15) is 13.2 Å². The van der Waals surface area contributed by atoms with E-state index < -0.39 is 10.0 Å². The summed E-state index contributed by atoms with van der Waals surface area (Å²) in [4.78, 5) is 12.4. The number of ether oxygens (including phenoxy) is 1. The maximum Gasteiger partial charge on any atom is 0.255 e. The first-order valence-electron chi connectivity index (χ1n) is 7.66. The van der Waals surface area contributed by atoms with Gasteiger partial charge in [-0.05, 0) is 55.3 Å². The molecule has 0 bridgehead atoms. The molecule has 0 unspecified atom stereocenters. The van der Waals surface area contributed by atoms with Crippen LogP contribution in [0, 0.1) is 0 Å². The Balaban J connectivity index is 1.87. The van der Waals surface area contributed by atoms with Gasteiger partial charge in [0.25, 0.3) is 5.91 Å². The van der Waals surface area contributed by atoms with Crippen LogP contribution in [0.5, 0.6) is 5.75 Å². The molecule has 2 aromatic carbocycles. The zero-order valence-corrected chi connectivity index (χ0v) is 15.0. The lowest BCUT2D eigenvalue weighted by Gasteiger charge is -2.13. The summed E-state index contributed by atoms with van der Waals surface area (Å²) < 4.78 is 32.5. The minimum Gasteiger partial charge on any atom is -0.495 e. The van der Waals surface area contributed by atoms with Crippen molar-refractivity contribution in [3.63, 3.8) is 0 Å². The topological polar surface area (TPSA) is 84.5 Å². The Hall–Kier alpha value is -2.09. The molecule has 132 valence electrons. The predicted octanol–water partition coefficient (Wildman–Crippen LogP) is 3.04. The summed E-state index contributed by atoms with van der Waals surface area (Å²) in [6.45, 7) is 0. The molecule has 1 aliphatic carbocycles. The Morgan fingerprint density at radius 3 is 2.44 bits per heavy atom. The first kappa shape index (κ1) is 17.7. The molecule has 25 heavy (non-hydrogen) atoms. The Kier molecular flexibility index (Phi) is 4.99. The van der Waals surface area contributed by atoms with Gasteiger partial charge in [0.05, 0.1) is 17.7 Å². The number of benzene rings is 2. The van der Waals surface area contributed by atoms with Crippen LogP contribution in [0.2, 0.25) is 5.02 Å². The van der Waals surface area contributed by atoms with Gasteiger partial charge in [0.15, 0.2) is 0 Å². The van der Waals surface area contributed by atoms with Crippen LogP contribution in [0.3, 0.4) is 0 Å². The van der Waals surface area contributed by atoms with E-state index in [0.717, 1.165) is 12.8 Å². The Bertz CT molecular complexity index is 893. The number of sulfonamides is 1. The van der Waals surface area contributed by atoms with E-state index in [0.29, 0.717) is 16.3 Å². The van der Waals surface area contributed by atoms with Crippen molar-refractivity contribution in [2.75, 3.05) is 12.4 Å². The highest BCUT2D eigenvalue weighted by molar-refractivity contribution is 7.89. The number of hydrogen-bond donors (Lipinski definition) is 2. The van der Waals surface area contributed by atoms with Gasteiger partial charge < -0.3 is 10.1 Å². The normalized spacial score (nSPS) is 14.2. The van der Waals surface area contributed by atoms with Crippen molar-refractivity contribution >= 4 is 33.2 Å². The van der Waals surface area contributed by atoms with Gasteiger partial charge in [0.1, 0.15) is 5.75 Å². The molecule has 1 saturated carbocycles. The van der Waals surface area contributed by atoms with Crippen LogP contribution in [-0.4, -0.2) is 27.5 Å². The van der Waals surface area contributed by atoms with Gasteiger partial charge in [0, 0.05) is 16.6 Å². The summed E-state index contributed by atoms with van der Waals surface area (Å²) in [7, 11) is -2.18. The molecular formula is C17H17ClN2O4S. The summed E-state index contributed by atoms with van der Waals surface area (Å²) in [5.41, 5.74) is 0.678. The number of carbonyl (C=O) groups is 1. The van der Waals surface area contributed by atoms with E-state index in [-0.39, 0.29) is 22.5 Å². The lowest BCUT2D eigenvalue weighted by Crippen LogP contribution is -2.25. The van der Waals surface area contributed by atoms with Gasteiger partial charge in [-0.2, -0.15) is 0 Å². The molecule has 6 nitrogen and oxygen atoms in total. The van der Waals surface area contributed by atoms with Crippen LogP contribution >= 0.6 is 11.6 Å². The van der Waals surface area contributed by atoms with E-state index in [1.54, 1.807) is 24.3 Å². The van der Waals surface area contributed by atoms with E-state index in [2.05, 4.69) is 10.0 Å². The molecule has 1 aliphatic rings. The molecule has 8 heteroatoms. The second kappa shape index (κ2) is 7.03. The lowest BCUT2D eigenvalue weighted by molar-refractivity contribution is 0.102. The SMILES string of the molecule is COc1ccc(S(=O)(=O)NC2CC2)cc1NC(=O)c1ccc(Cl)cc1. The van der Waals surface area contributed by atoms with Crippen molar-refractivity contribution in [3.05, 3.63) is 53.1 Å². The summed E-state index contributed by atoms with van der Waals surface area (Å²) in [5, 5.41) is 3.20. The van der Waals surface area contributed by atoms with Crippen LogP contribution in [0.15, 0.2) is 47.4 Å². The van der Waals surface area contributed by atoms with Gasteiger partial charge >= 0.3 is 0 Å². The van der Waals surface area contributed by atoms with Crippen LogP contribution < -0.4 is 14.8 Å². The fourth-order valence-corrected chi connectivity index (χ4v) is 3.69. The van der Waals surface area contributed by atoms with E-state index in [1.807, 2.05) is 0 Å². The van der Waals surface area contributed by atoms with Gasteiger partial charge in [-0.15, -0.1) is 0 Å². The predicted molar refractivity (Wildman–Crippen MR) is 95.7 cm³/mol. The third kappa shape index (κ3) is 4.31. The number of methoxy groups -OCH3 is 1. The zero-order valence-electron chi connectivity index (χ0n) is 13.5. The number of amides is 1. The summed E-state index contributed by atoms with van der Waals surface area (Å²) >= 11 is 5.82. The monoisotopic (exact) mass is 380 g/mol. The lowest BCUT2D eigenvalue weighted by atomic mass is 10.2. The molecule has 0 aromatic heterocycles. The molecule has 3 rings (SSSR count). The van der Waals surface area contributed by atoms with Gasteiger partial charge in [-0.1, -0.05) is 11.6 Å². The average Bonchev–Trinajstić information content (AvgIpc) is 3.38. The standard InChI is InChI=1S/C17H17ClN2O4S/c1-24-16-9-8-14(25(22,23)20-13-6-7-13)10-15(16)19-17(21)11-2-4-12(18)5-3-11/h2-5,8-10,13,20H,6-7H2,1H3,(H,19,21). The number of anilines is 1. The number of hydrogen-bond acceptors (Lipinski definition) is 4. The van der Waals surface area contributed by atoms with Gasteiger partial charge in [-0.25, -0.2) is 13.1 Å². The molecule has 1 amide bonds. The summed E-state index contributed by atoms with van der Waals surface area (Å²) in [6.07, 6.45) is 1.69. The fourth-order valence-electron chi connectivity index (χ4n) is 2.24. The van der Waals surface area contributed by atoms with Crippen molar-refractivity contribution in [1.29, 1.82) is 0 Å². The third-order valence-electron chi connectivity index (χ3n) is 3.74.